The van der Waals surface area contributed by atoms with Crippen molar-refractivity contribution >= 4 is 23.0 Å². The van der Waals surface area contributed by atoms with Crippen LogP contribution >= 0.6 is 11.6 Å². The predicted octanol–water partition coefficient (Wildman–Crippen LogP) is 2.02. The standard InChI is InChI=1S/C10H12ClN3O2/c11-8-2-1-3-9(14(15)16)10(8)13-7-4-5-12-6-7/h1-3,7,12-13H,4-6H2. The molecule has 0 aromatic heterocycles. The Labute approximate surface area is 97.9 Å². The van der Waals surface area contributed by atoms with Gasteiger partial charge in [0.1, 0.15) is 5.69 Å². The van der Waals surface area contributed by atoms with Crippen molar-refractivity contribution in [1.82, 2.24) is 5.32 Å². The van der Waals surface area contributed by atoms with E-state index >= 15 is 0 Å². The van der Waals surface area contributed by atoms with Gasteiger partial charge in [-0.3, -0.25) is 10.1 Å². The highest BCUT2D eigenvalue weighted by atomic mass is 35.5. The maximum Gasteiger partial charge on any atom is 0.293 e. The number of anilines is 1. The zero-order chi connectivity index (χ0) is 11.5. The second-order valence-electron chi connectivity index (χ2n) is 3.73. The molecule has 0 bridgehead atoms. The van der Waals surface area contributed by atoms with Crippen molar-refractivity contribution in [3.63, 3.8) is 0 Å². The van der Waals surface area contributed by atoms with Crippen LogP contribution in [0, 0.1) is 10.1 Å². The van der Waals surface area contributed by atoms with E-state index in [2.05, 4.69) is 10.6 Å². The van der Waals surface area contributed by atoms with Crippen molar-refractivity contribution in [1.29, 1.82) is 0 Å². The molecule has 1 aromatic rings. The zero-order valence-electron chi connectivity index (χ0n) is 8.57. The Morgan fingerprint density at radius 1 is 1.56 bits per heavy atom. The molecule has 1 unspecified atom stereocenters. The summed E-state index contributed by atoms with van der Waals surface area (Å²) >= 11 is 5.96. The molecule has 1 fully saturated rings. The molecule has 86 valence electrons. The highest BCUT2D eigenvalue weighted by Crippen LogP contribution is 2.32. The molecule has 16 heavy (non-hydrogen) atoms. The molecule has 1 aliphatic heterocycles. The smallest absolute Gasteiger partial charge is 0.293 e. The van der Waals surface area contributed by atoms with E-state index in [9.17, 15) is 10.1 Å². The molecule has 6 heteroatoms. The molecule has 0 amide bonds. The molecule has 0 aliphatic carbocycles. The lowest BCUT2D eigenvalue weighted by Crippen LogP contribution is -2.22. The minimum atomic E-state index is -0.420. The Balaban J connectivity index is 2.26. The molecule has 0 saturated carbocycles. The number of para-hydroxylation sites is 1. The second kappa shape index (κ2) is 4.67. The van der Waals surface area contributed by atoms with E-state index in [4.69, 9.17) is 11.6 Å². The lowest BCUT2D eigenvalue weighted by molar-refractivity contribution is -0.384. The first-order valence-electron chi connectivity index (χ1n) is 5.08. The van der Waals surface area contributed by atoms with Gasteiger partial charge in [-0.1, -0.05) is 17.7 Å². The third-order valence-electron chi connectivity index (χ3n) is 2.60. The van der Waals surface area contributed by atoms with Gasteiger partial charge in [0, 0.05) is 18.7 Å². The molecular weight excluding hydrogens is 230 g/mol. The number of hydrogen-bond donors (Lipinski definition) is 2. The topological polar surface area (TPSA) is 67.2 Å². The zero-order valence-corrected chi connectivity index (χ0v) is 9.33. The molecular formula is C10H12ClN3O2. The van der Waals surface area contributed by atoms with Gasteiger partial charge in [-0.05, 0) is 19.0 Å². The van der Waals surface area contributed by atoms with Gasteiger partial charge in [0.15, 0.2) is 0 Å². The van der Waals surface area contributed by atoms with Crippen molar-refractivity contribution in [3.8, 4) is 0 Å². The third kappa shape index (κ3) is 2.25. The fourth-order valence-corrected chi connectivity index (χ4v) is 2.01. The van der Waals surface area contributed by atoms with E-state index in [1.807, 2.05) is 0 Å². The predicted molar refractivity (Wildman–Crippen MR) is 63.0 cm³/mol. The summed E-state index contributed by atoms with van der Waals surface area (Å²) in [6.45, 7) is 1.73. The van der Waals surface area contributed by atoms with Crippen molar-refractivity contribution in [2.24, 2.45) is 0 Å². The number of benzene rings is 1. The summed E-state index contributed by atoms with van der Waals surface area (Å²) in [6, 6.07) is 4.90. The van der Waals surface area contributed by atoms with Gasteiger partial charge in [0.2, 0.25) is 0 Å². The summed E-state index contributed by atoms with van der Waals surface area (Å²) in [5.74, 6) is 0. The van der Waals surface area contributed by atoms with Crippen LogP contribution in [0.25, 0.3) is 0 Å². The Morgan fingerprint density at radius 2 is 2.38 bits per heavy atom. The maximum absolute atomic E-state index is 10.8. The first-order valence-corrected chi connectivity index (χ1v) is 5.46. The number of hydrogen-bond acceptors (Lipinski definition) is 4. The number of nitro benzene ring substituents is 1. The van der Waals surface area contributed by atoms with Crippen LogP contribution in [-0.2, 0) is 0 Å². The fourth-order valence-electron chi connectivity index (χ4n) is 1.79. The van der Waals surface area contributed by atoms with Gasteiger partial charge >= 0.3 is 0 Å². The normalized spacial score (nSPS) is 19.7. The summed E-state index contributed by atoms with van der Waals surface area (Å²) < 4.78 is 0. The van der Waals surface area contributed by atoms with Crippen LogP contribution in [0.4, 0.5) is 11.4 Å². The van der Waals surface area contributed by atoms with Crippen molar-refractivity contribution in [2.45, 2.75) is 12.5 Å². The SMILES string of the molecule is O=[N+]([O-])c1cccc(Cl)c1NC1CCNC1. The van der Waals surface area contributed by atoms with E-state index in [0.717, 1.165) is 19.5 Å². The molecule has 1 atom stereocenters. The highest BCUT2D eigenvalue weighted by molar-refractivity contribution is 6.33. The summed E-state index contributed by atoms with van der Waals surface area (Å²) in [6.07, 6.45) is 0.947. The first-order chi connectivity index (χ1) is 7.68. The van der Waals surface area contributed by atoms with Gasteiger partial charge in [-0.25, -0.2) is 0 Å². The van der Waals surface area contributed by atoms with Crippen LogP contribution in [0.3, 0.4) is 0 Å². The molecule has 0 radical (unpaired) electrons. The Hall–Kier alpha value is -1.33. The largest absolute Gasteiger partial charge is 0.374 e. The quantitative estimate of drug-likeness (QED) is 0.628. The average Bonchev–Trinajstić information content (AvgIpc) is 2.73. The molecule has 5 nitrogen and oxygen atoms in total. The minimum absolute atomic E-state index is 0.0272. The van der Waals surface area contributed by atoms with Crippen molar-refractivity contribution in [3.05, 3.63) is 33.3 Å². The molecule has 1 saturated heterocycles. The first kappa shape index (κ1) is 11.2. The van der Waals surface area contributed by atoms with Gasteiger partial charge in [0.25, 0.3) is 5.69 Å². The molecule has 2 N–H and O–H groups in total. The van der Waals surface area contributed by atoms with Gasteiger partial charge in [-0.15, -0.1) is 0 Å². The number of nitrogens with one attached hydrogen (secondary N) is 2. The Kier molecular flexibility index (Phi) is 3.26. The Bertz CT molecular complexity index is 405. The van der Waals surface area contributed by atoms with Crippen LogP contribution in [0.15, 0.2) is 18.2 Å². The summed E-state index contributed by atoms with van der Waals surface area (Å²) in [7, 11) is 0. The monoisotopic (exact) mass is 241 g/mol. The van der Waals surface area contributed by atoms with E-state index in [1.165, 1.54) is 6.07 Å². The number of nitrogens with zero attached hydrogens (tertiary/aromatic N) is 1. The minimum Gasteiger partial charge on any atom is -0.374 e. The number of rotatable bonds is 3. The van der Waals surface area contributed by atoms with E-state index in [1.54, 1.807) is 12.1 Å². The summed E-state index contributed by atoms with van der Waals surface area (Å²) in [5, 5.41) is 17.5. The van der Waals surface area contributed by atoms with Crippen LogP contribution in [-0.4, -0.2) is 24.1 Å². The summed E-state index contributed by atoms with van der Waals surface area (Å²) in [4.78, 5) is 10.4. The van der Waals surface area contributed by atoms with E-state index < -0.39 is 4.92 Å². The van der Waals surface area contributed by atoms with Crippen molar-refractivity contribution < 1.29 is 4.92 Å². The third-order valence-corrected chi connectivity index (χ3v) is 2.91. The van der Waals surface area contributed by atoms with E-state index in [0.29, 0.717) is 10.7 Å². The van der Waals surface area contributed by atoms with Crippen molar-refractivity contribution in [2.75, 3.05) is 18.4 Å². The molecule has 2 rings (SSSR count). The lowest BCUT2D eigenvalue weighted by atomic mass is 10.2. The number of halogens is 1. The molecule has 0 spiro atoms. The lowest BCUT2D eigenvalue weighted by Gasteiger charge is -2.14. The van der Waals surface area contributed by atoms with Crippen LogP contribution < -0.4 is 10.6 Å². The number of nitro groups is 1. The maximum atomic E-state index is 10.8. The molecule has 1 heterocycles. The molecule has 1 aliphatic rings. The highest BCUT2D eigenvalue weighted by Gasteiger charge is 2.21. The second-order valence-corrected chi connectivity index (χ2v) is 4.13. The van der Waals surface area contributed by atoms with Crippen LogP contribution in [0.2, 0.25) is 5.02 Å². The molecule has 1 aromatic carbocycles. The average molecular weight is 242 g/mol. The summed E-state index contributed by atoms with van der Waals surface area (Å²) in [5.41, 5.74) is 0.447. The van der Waals surface area contributed by atoms with Gasteiger partial charge < -0.3 is 10.6 Å². The van der Waals surface area contributed by atoms with Crippen LogP contribution in [0.5, 0.6) is 0 Å². The fraction of sp³-hybridized carbons (Fsp3) is 0.400. The van der Waals surface area contributed by atoms with Gasteiger partial charge in [-0.2, -0.15) is 0 Å². The van der Waals surface area contributed by atoms with Gasteiger partial charge in [0.05, 0.1) is 9.95 Å². The van der Waals surface area contributed by atoms with Crippen LogP contribution in [0.1, 0.15) is 6.42 Å². The van der Waals surface area contributed by atoms with E-state index in [-0.39, 0.29) is 11.7 Å². The Morgan fingerprint density at radius 3 is 3.00 bits per heavy atom.